The maximum atomic E-state index is 4.69. The van der Waals surface area contributed by atoms with Crippen molar-refractivity contribution in [1.82, 2.24) is 15.2 Å². The number of aromatic amines is 1. The van der Waals surface area contributed by atoms with E-state index in [1.54, 1.807) is 0 Å². The van der Waals surface area contributed by atoms with Crippen molar-refractivity contribution in [2.24, 2.45) is 5.41 Å². The number of hydrogen-bond donors (Lipinski definition) is 1. The van der Waals surface area contributed by atoms with Crippen molar-refractivity contribution >= 4 is 10.8 Å². The SMILES string of the molecule is CC12CCC([n+]3c(-c4nccc5ccccc45)n[nH]c31)C2(C)C. The molecule has 2 aliphatic rings. The topological polar surface area (TPSA) is 45.5 Å². The molecule has 0 spiro atoms. The second-order valence-electron chi connectivity index (χ2n) is 7.75. The number of pyridine rings is 1. The molecule has 4 nitrogen and oxygen atoms in total. The van der Waals surface area contributed by atoms with Gasteiger partial charge in [-0.3, -0.25) is 0 Å². The number of nitrogens with zero attached hydrogens (tertiary/aromatic N) is 3. The van der Waals surface area contributed by atoms with Gasteiger partial charge in [-0.25, -0.2) is 9.55 Å². The molecule has 23 heavy (non-hydrogen) atoms. The van der Waals surface area contributed by atoms with Crippen molar-refractivity contribution in [1.29, 1.82) is 0 Å². The summed E-state index contributed by atoms with van der Waals surface area (Å²) in [5, 5.41) is 10.4. The number of hydrogen-bond acceptors (Lipinski definition) is 2. The van der Waals surface area contributed by atoms with E-state index in [1.165, 1.54) is 29.4 Å². The predicted molar refractivity (Wildman–Crippen MR) is 88.9 cm³/mol. The van der Waals surface area contributed by atoms with E-state index in [4.69, 9.17) is 0 Å². The summed E-state index contributed by atoms with van der Waals surface area (Å²) >= 11 is 0. The van der Waals surface area contributed by atoms with Crippen LogP contribution in [-0.4, -0.2) is 15.2 Å². The number of nitrogens with one attached hydrogen (secondary N) is 1. The van der Waals surface area contributed by atoms with E-state index in [2.05, 4.69) is 70.9 Å². The Morgan fingerprint density at radius 2 is 2.00 bits per heavy atom. The van der Waals surface area contributed by atoms with Gasteiger partial charge in [-0.2, -0.15) is 0 Å². The lowest BCUT2D eigenvalue weighted by Crippen LogP contribution is -2.43. The van der Waals surface area contributed by atoms with Crippen LogP contribution in [0.25, 0.3) is 22.3 Å². The van der Waals surface area contributed by atoms with Crippen LogP contribution < -0.4 is 4.57 Å². The molecule has 2 aromatic heterocycles. The minimum atomic E-state index is 0.174. The van der Waals surface area contributed by atoms with Crippen LogP contribution in [0.2, 0.25) is 0 Å². The Labute approximate surface area is 135 Å². The quantitative estimate of drug-likeness (QED) is 0.699. The Hall–Kier alpha value is -2.23. The van der Waals surface area contributed by atoms with Gasteiger partial charge in [0.25, 0.3) is 0 Å². The maximum Gasteiger partial charge on any atom is 0.328 e. The molecule has 3 heterocycles. The molecule has 116 valence electrons. The van der Waals surface area contributed by atoms with Gasteiger partial charge in [-0.05, 0) is 31.2 Å². The van der Waals surface area contributed by atoms with Crippen LogP contribution in [0.1, 0.15) is 45.5 Å². The third-order valence-electron chi connectivity index (χ3n) is 6.63. The highest BCUT2D eigenvalue weighted by molar-refractivity contribution is 5.92. The van der Waals surface area contributed by atoms with Gasteiger partial charge in [0.2, 0.25) is 5.82 Å². The average molecular weight is 305 g/mol. The minimum absolute atomic E-state index is 0.174. The smallest absolute Gasteiger partial charge is 0.249 e. The Morgan fingerprint density at radius 1 is 1.17 bits per heavy atom. The molecule has 2 unspecified atom stereocenters. The summed E-state index contributed by atoms with van der Waals surface area (Å²) in [6.07, 6.45) is 4.34. The molecule has 5 rings (SSSR count). The van der Waals surface area contributed by atoms with Gasteiger partial charge in [0.1, 0.15) is 0 Å². The normalized spacial score (nSPS) is 27.5. The second-order valence-corrected chi connectivity index (χ2v) is 7.75. The fraction of sp³-hybridized carbons (Fsp3) is 0.421. The molecule has 1 fully saturated rings. The van der Waals surface area contributed by atoms with Crippen LogP contribution in [0.15, 0.2) is 36.5 Å². The van der Waals surface area contributed by atoms with Crippen molar-refractivity contribution in [3.63, 3.8) is 0 Å². The Balaban J connectivity index is 1.80. The Bertz CT molecular complexity index is 934. The standard InChI is InChI=1S/C19H20N4/c1-18(2)14-8-10-19(18,3)17-22-21-16(23(14)17)15-13-7-5-4-6-12(13)9-11-20-15/h4-7,9,11,14H,8,10H2,1-3H3/p+1. The van der Waals surface area contributed by atoms with Crippen LogP contribution >= 0.6 is 0 Å². The molecule has 0 radical (unpaired) electrons. The monoisotopic (exact) mass is 305 g/mol. The average Bonchev–Trinajstić information content (AvgIpc) is 3.13. The van der Waals surface area contributed by atoms with E-state index in [-0.39, 0.29) is 10.8 Å². The number of benzene rings is 1. The lowest BCUT2D eigenvalue weighted by Gasteiger charge is -2.29. The van der Waals surface area contributed by atoms with Gasteiger partial charge in [-0.1, -0.05) is 38.1 Å². The van der Waals surface area contributed by atoms with E-state index in [0.29, 0.717) is 6.04 Å². The van der Waals surface area contributed by atoms with Crippen molar-refractivity contribution in [2.75, 3.05) is 0 Å². The summed E-state index contributed by atoms with van der Waals surface area (Å²) in [5.41, 5.74) is 1.41. The van der Waals surface area contributed by atoms with Crippen LogP contribution in [0.4, 0.5) is 0 Å². The van der Waals surface area contributed by atoms with E-state index in [0.717, 1.165) is 11.5 Å². The molecule has 2 bridgehead atoms. The number of H-pyrrole nitrogens is 1. The zero-order valence-corrected chi connectivity index (χ0v) is 13.8. The molecule has 1 N–H and O–H groups in total. The fourth-order valence-electron chi connectivity index (χ4n) is 4.83. The zero-order chi connectivity index (χ0) is 15.8. The number of rotatable bonds is 1. The fourth-order valence-corrected chi connectivity index (χ4v) is 4.83. The first kappa shape index (κ1) is 13.2. The Morgan fingerprint density at radius 3 is 2.87 bits per heavy atom. The van der Waals surface area contributed by atoms with Gasteiger partial charge in [0.15, 0.2) is 5.69 Å². The van der Waals surface area contributed by atoms with Crippen LogP contribution in [0.3, 0.4) is 0 Å². The van der Waals surface area contributed by atoms with Gasteiger partial charge < -0.3 is 0 Å². The predicted octanol–water partition coefficient (Wildman–Crippen LogP) is 3.54. The summed E-state index contributed by atoms with van der Waals surface area (Å²) in [6, 6.07) is 11.0. The van der Waals surface area contributed by atoms with E-state index in [9.17, 15) is 0 Å². The molecule has 2 atom stereocenters. The third-order valence-corrected chi connectivity index (χ3v) is 6.63. The van der Waals surface area contributed by atoms with Gasteiger partial charge in [-0.15, -0.1) is 5.10 Å². The molecule has 1 aliphatic heterocycles. The zero-order valence-electron chi connectivity index (χ0n) is 13.8. The van der Waals surface area contributed by atoms with Crippen molar-refractivity contribution in [2.45, 2.75) is 45.1 Å². The lowest BCUT2D eigenvalue weighted by molar-refractivity contribution is -0.717. The first-order valence-corrected chi connectivity index (χ1v) is 8.38. The van der Waals surface area contributed by atoms with Crippen molar-refractivity contribution in [3.8, 4) is 11.5 Å². The molecule has 1 aliphatic carbocycles. The number of fused-ring (bicyclic) bond motifs is 6. The summed E-state index contributed by atoms with van der Waals surface area (Å²) < 4.78 is 2.43. The van der Waals surface area contributed by atoms with Crippen molar-refractivity contribution in [3.05, 3.63) is 42.4 Å². The van der Waals surface area contributed by atoms with E-state index >= 15 is 0 Å². The van der Waals surface area contributed by atoms with Gasteiger partial charge >= 0.3 is 5.82 Å². The van der Waals surface area contributed by atoms with Gasteiger partial charge in [0, 0.05) is 22.1 Å². The third kappa shape index (κ3) is 1.40. The summed E-state index contributed by atoms with van der Waals surface area (Å²) in [7, 11) is 0. The summed E-state index contributed by atoms with van der Waals surface area (Å²) in [6.45, 7) is 7.17. The first-order chi connectivity index (χ1) is 11.0. The molecule has 3 aromatic rings. The van der Waals surface area contributed by atoms with E-state index < -0.39 is 0 Å². The highest BCUT2D eigenvalue weighted by Gasteiger charge is 2.66. The largest absolute Gasteiger partial charge is 0.328 e. The van der Waals surface area contributed by atoms with Crippen LogP contribution in [0, 0.1) is 5.41 Å². The highest BCUT2D eigenvalue weighted by Crippen LogP contribution is 2.61. The minimum Gasteiger partial charge on any atom is -0.249 e. The van der Waals surface area contributed by atoms with E-state index in [1.807, 2.05) is 6.20 Å². The molecule has 1 saturated carbocycles. The molecular formula is C19H21N4+. The molecule has 0 saturated heterocycles. The molecule has 0 amide bonds. The molecule has 1 aromatic carbocycles. The highest BCUT2D eigenvalue weighted by atomic mass is 15.3. The first-order valence-electron chi connectivity index (χ1n) is 8.38. The molecular weight excluding hydrogens is 284 g/mol. The number of aromatic nitrogens is 4. The maximum absolute atomic E-state index is 4.69. The molecule has 4 heteroatoms. The Kier molecular flexibility index (Phi) is 2.30. The lowest BCUT2D eigenvalue weighted by atomic mass is 9.70. The summed E-state index contributed by atoms with van der Waals surface area (Å²) in [5.74, 6) is 2.25. The summed E-state index contributed by atoms with van der Waals surface area (Å²) in [4.78, 5) is 4.68. The second kappa shape index (κ2) is 3.99. The van der Waals surface area contributed by atoms with Crippen molar-refractivity contribution < 1.29 is 4.57 Å². The van der Waals surface area contributed by atoms with Gasteiger partial charge in [0.05, 0.1) is 11.5 Å². The van der Waals surface area contributed by atoms with Crippen LogP contribution in [0.5, 0.6) is 0 Å². The van der Waals surface area contributed by atoms with Crippen LogP contribution in [-0.2, 0) is 5.41 Å².